The van der Waals surface area contributed by atoms with Crippen molar-refractivity contribution in [2.24, 2.45) is 0 Å². The molecule has 0 saturated heterocycles. The minimum absolute atomic E-state index is 0.193. The Morgan fingerprint density at radius 2 is 1.92 bits per heavy atom. The molecule has 1 aromatic rings. The molecule has 0 radical (unpaired) electrons. The van der Waals surface area contributed by atoms with Gasteiger partial charge in [-0.1, -0.05) is 20.8 Å². The summed E-state index contributed by atoms with van der Waals surface area (Å²) < 4.78 is 0. The van der Waals surface area contributed by atoms with Gasteiger partial charge in [0, 0.05) is 24.4 Å². The molecule has 0 atom stereocenters. The van der Waals surface area contributed by atoms with E-state index in [0.717, 1.165) is 13.1 Å². The maximum atomic E-state index is 4.02. The smallest absolute Gasteiger partial charge is 0.0270 e. The van der Waals surface area contributed by atoms with Crippen LogP contribution in [0, 0.1) is 0 Å². The van der Waals surface area contributed by atoms with Crippen molar-refractivity contribution in [1.82, 2.24) is 10.3 Å². The summed E-state index contributed by atoms with van der Waals surface area (Å²) in [6.45, 7) is 8.64. The lowest BCUT2D eigenvalue weighted by Gasteiger charge is -2.25. The lowest BCUT2D eigenvalue weighted by Crippen LogP contribution is -2.32. The lowest BCUT2D eigenvalue weighted by atomic mass is 9.85. The zero-order chi connectivity index (χ0) is 9.73. The lowest BCUT2D eigenvalue weighted by molar-refractivity contribution is 0.477. The van der Waals surface area contributed by atoms with E-state index in [4.69, 9.17) is 0 Å². The Labute approximate surface area is 80.4 Å². The first kappa shape index (κ1) is 10.2. The highest BCUT2D eigenvalue weighted by atomic mass is 14.9. The zero-order valence-electron chi connectivity index (χ0n) is 8.67. The van der Waals surface area contributed by atoms with Crippen LogP contribution in [0.3, 0.4) is 0 Å². The van der Waals surface area contributed by atoms with Gasteiger partial charge in [-0.3, -0.25) is 4.98 Å². The Kier molecular flexibility index (Phi) is 3.43. The quantitative estimate of drug-likeness (QED) is 0.762. The second-order valence-electron chi connectivity index (χ2n) is 3.90. The molecule has 0 unspecified atom stereocenters. The van der Waals surface area contributed by atoms with Crippen LogP contribution in [-0.2, 0) is 5.41 Å². The van der Waals surface area contributed by atoms with Gasteiger partial charge in [-0.2, -0.15) is 0 Å². The highest BCUT2D eigenvalue weighted by Crippen LogP contribution is 2.20. The Hall–Kier alpha value is -0.890. The van der Waals surface area contributed by atoms with E-state index >= 15 is 0 Å². The Bertz CT molecular complexity index is 242. The molecule has 0 aliphatic heterocycles. The van der Waals surface area contributed by atoms with E-state index < -0.39 is 0 Å². The van der Waals surface area contributed by atoms with E-state index in [1.807, 2.05) is 12.4 Å². The molecule has 1 rings (SSSR count). The molecule has 1 heterocycles. The third-order valence-corrected chi connectivity index (χ3v) is 2.28. The molecule has 0 fully saturated rings. The number of nitrogens with one attached hydrogen (secondary N) is 1. The molecule has 72 valence electrons. The van der Waals surface area contributed by atoms with Crippen LogP contribution < -0.4 is 5.32 Å². The fourth-order valence-corrected chi connectivity index (χ4v) is 1.34. The molecule has 0 amide bonds. The minimum Gasteiger partial charge on any atom is -0.316 e. The van der Waals surface area contributed by atoms with Crippen LogP contribution in [0.15, 0.2) is 24.5 Å². The minimum atomic E-state index is 0.193. The van der Waals surface area contributed by atoms with Crippen LogP contribution in [0.1, 0.15) is 26.3 Å². The standard InChI is InChI=1S/C11H18N2/c1-4-12-9-11(2,3)10-5-7-13-8-6-10/h5-8,12H,4,9H2,1-3H3. The van der Waals surface area contributed by atoms with Gasteiger partial charge < -0.3 is 5.32 Å². The molecule has 0 aromatic carbocycles. The van der Waals surface area contributed by atoms with Crippen LogP contribution in [0.25, 0.3) is 0 Å². The molecule has 0 spiro atoms. The van der Waals surface area contributed by atoms with Gasteiger partial charge in [-0.15, -0.1) is 0 Å². The topological polar surface area (TPSA) is 24.9 Å². The largest absolute Gasteiger partial charge is 0.316 e. The number of aromatic nitrogens is 1. The molecule has 0 aliphatic rings. The summed E-state index contributed by atoms with van der Waals surface area (Å²) in [4.78, 5) is 4.02. The van der Waals surface area contributed by atoms with E-state index in [0.29, 0.717) is 0 Å². The summed E-state index contributed by atoms with van der Waals surface area (Å²) in [5, 5.41) is 3.37. The van der Waals surface area contributed by atoms with Crippen LogP contribution in [-0.4, -0.2) is 18.1 Å². The summed E-state index contributed by atoms with van der Waals surface area (Å²) in [5.74, 6) is 0. The molecule has 2 heteroatoms. The third kappa shape index (κ3) is 2.81. The first-order valence-electron chi connectivity index (χ1n) is 4.78. The monoisotopic (exact) mass is 178 g/mol. The second-order valence-corrected chi connectivity index (χ2v) is 3.90. The molecule has 1 N–H and O–H groups in total. The van der Waals surface area contributed by atoms with Gasteiger partial charge in [0.1, 0.15) is 0 Å². The van der Waals surface area contributed by atoms with Crippen molar-refractivity contribution in [1.29, 1.82) is 0 Å². The normalized spacial score (nSPS) is 11.6. The van der Waals surface area contributed by atoms with Crippen LogP contribution in [0.4, 0.5) is 0 Å². The molecule has 2 nitrogen and oxygen atoms in total. The fraction of sp³-hybridized carbons (Fsp3) is 0.545. The van der Waals surface area contributed by atoms with Gasteiger partial charge in [0.2, 0.25) is 0 Å². The number of rotatable bonds is 4. The van der Waals surface area contributed by atoms with E-state index in [9.17, 15) is 0 Å². The number of pyridine rings is 1. The van der Waals surface area contributed by atoms with Crippen molar-refractivity contribution in [3.63, 3.8) is 0 Å². The van der Waals surface area contributed by atoms with Gasteiger partial charge in [-0.25, -0.2) is 0 Å². The first-order valence-corrected chi connectivity index (χ1v) is 4.78. The fourth-order valence-electron chi connectivity index (χ4n) is 1.34. The summed E-state index contributed by atoms with van der Waals surface area (Å²) in [5.41, 5.74) is 1.53. The number of hydrogen-bond acceptors (Lipinski definition) is 2. The Balaban J connectivity index is 2.69. The van der Waals surface area contributed by atoms with Crippen LogP contribution >= 0.6 is 0 Å². The summed E-state index contributed by atoms with van der Waals surface area (Å²) in [6, 6.07) is 4.16. The molecule has 0 aliphatic carbocycles. The van der Waals surface area contributed by atoms with Crippen LogP contribution in [0.5, 0.6) is 0 Å². The highest BCUT2D eigenvalue weighted by Gasteiger charge is 2.18. The van der Waals surface area contributed by atoms with Gasteiger partial charge in [0.05, 0.1) is 0 Å². The van der Waals surface area contributed by atoms with Gasteiger partial charge in [0.15, 0.2) is 0 Å². The molecule has 0 bridgehead atoms. The number of hydrogen-bond donors (Lipinski definition) is 1. The molecule has 13 heavy (non-hydrogen) atoms. The highest BCUT2D eigenvalue weighted by molar-refractivity contribution is 5.20. The maximum Gasteiger partial charge on any atom is 0.0270 e. The molecular formula is C11H18N2. The second kappa shape index (κ2) is 4.38. The zero-order valence-corrected chi connectivity index (χ0v) is 8.67. The maximum absolute atomic E-state index is 4.02. The van der Waals surface area contributed by atoms with Crippen molar-refractivity contribution >= 4 is 0 Å². The van der Waals surface area contributed by atoms with Crippen molar-refractivity contribution in [3.05, 3.63) is 30.1 Å². The van der Waals surface area contributed by atoms with E-state index in [1.54, 1.807) is 0 Å². The Morgan fingerprint density at radius 3 is 2.46 bits per heavy atom. The Morgan fingerprint density at radius 1 is 1.31 bits per heavy atom. The van der Waals surface area contributed by atoms with E-state index in [1.165, 1.54) is 5.56 Å². The van der Waals surface area contributed by atoms with Crippen molar-refractivity contribution in [3.8, 4) is 0 Å². The predicted octanol–water partition coefficient (Wildman–Crippen LogP) is 1.97. The van der Waals surface area contributed by atoms with Crippen molar-refractivity contribution in [2.75, 3.05) is 13.1 Å². The number of likely N-dealkylation sites (N-methyl/N-ethyl adjacent to an activating group) is 1. The van der Waals surface area contributed by atoms with Gasteiger partial charge in [0.25, 0.3) is 0 Å². The molecule has 1 aromatic heterocycles. The third-order valence-electron chi connectivity index (χ3n) is 2.28. The molecule has 0 saturated carbocycles. The average Bonchev–Trinajstić information content (AvgIpc) is 2.16. The first-order chi connectivity index (χ1) is 6.17. The van der Waals surface area contributed by atoms with Gasteiger partial charge >= 0.3 is 0 Å². The number of nitrogens with zero attached hydrogens (tertiary/aromatic N) is 1. The van der Waals surface area contributed by atoms with Crippen molar-refractivity contribution < 1.29 is 0 Å². The van der Waals surface area contributed by atoms with Crippen LogP contribution in [0.2, 0.25) is 0 Å². The summed E-state index contributed by atoms with van der Waals surface area (Å²) in [7, 11) is 0. The summed E-state index contributed by atoms with van der Waals surface area (Å²) >= 11 is 0. The van der Waals surface area contributed by atoms with E-state index in [-0.39, 0.29) is 5.41 Å². The SMILES string of the molecule is CCNCC(C)(C)c1ccncc1. The predicted molar refractivity (Wildman–Crippen MR) is 55.8 cm³/mol. The average molecular weight is 178 g/mol. The van der Waals surface area contributed by atoms with Crippen molar-refractivity contribution in [2.45, 2.75) is 26.2 Å². The van der Waals surface area contributed by atoms with E-state index in [2.05, 4.69) is 43.2 Å². The van der Waals surface area contributed by atoms with Gasteiger partial charge in [-0.05, 0) is 24.2 Å². The molecular weight excluding hydrogens is 160 g/mol. The summed E-state index contributed by atoms with van der Waals surface area (Å²) in [6.07, 6.45) is 3.70.